The fourth-order valence-electron chi connectivity index (χ4n) is 2.42. The van der Waals surface area contributed by atoms with Crippen LogP contribution >= 0.6 is 0 Å². The molecule has 0 bridgehead atoms. The van der Waals surface area contributed by atoms with E-state index in [0.29, 0.717) is 5.56 Å². The van der Waals surface area contributed by atoms with Gasteiger partial charge in [-0.25, -0.2) is 4.79 Å². The molecule has 2 rings (SSSR count). The summed E-state index contributed by atoms with van der Waals surface area (Å²) >= 11 is 0. The number of nitriles is 1. The third kappa shape index (κ3) is 6.12. The lowest BCUT2D eigenvalue weighted by Gasteiger charge is -2.15. The van der Waals surface area contributed by atoms with Crippen LogP contribution < -0.4 is 5.32 Å². The van der Waals surface area contributed by atoms with Gasteiger partial charge in [0.1, 0.15) is 0 Å². The van der Waals surface area contributed by atoms with E-state index in [4.69, 9.17) is 10.00 Å². The highest BCUT2D eigenvalue weighted by atomic mass is 16.5. The highest BCUT2D eigenvalue weighted by Gasteiger charge is 2.11. The first-order valence-electron chi connectivity index (χ1n) is 8.60. The van der Waals surface area contributed by atoms with Crippen LogP contribution in [0.15, 0.2) is 48.5 Å². The van der Waals surface area contributed by atoms with E-state index in [2.05, 4.69) is 5.32 Å². The van der Waals surface area contributed by atoms with E-state index in [1.54, 1.807) is 30.3 Å². The second kappa shape index (κ2) is 9.35. The Balaban J connectivity index is 1.81. The molecule has 0 fully saturated rings. The number of hydrogen-bond acceptors (Lipinski definition) is 4. The molecular weight excluding hydrogens is 340 g/mol. The number of nitrogens with one attached hydrogen (secondary N) is 1. The number of ether oxygens (including phenoxy) is 1. The van der Waals surface area contributed by atoms with Crippen molar-refractivity contribution >= 4 is 18.0 Å². The highest BCUT2D eigenvalue weighted by molar-refractivity contribution is 5.89. The molecule has 0 heterocycles. The molecule has 2 aromatic rings. The molecular formula is C22H22N2O3. The summed E-state index contributed by atoms with van der Waals surface area (Å²) in [7, 11) is 0. The molecule has 0 aliphatic rings. The van der Waals surface area contributed by atoms with Crippen molar-refractivity contribution in [2.75, 3.05) is 6.61 Å². The van der Waals surface area contributed by atoms with Crippen LogP contribution in [-0.2, 0) is 14.3 Å². The predicted octanol–water partition coefficient (Wildman–Crippen LogP) is 3.61. The number of carbonyl (C=O) groups excluding carboxylic acids is 2. The van der Waals surface area contributed by atoms with Crippen LogP contribution in [0.1, 0.15) is 40.8 Å². The Bertz CT molecular complexity index is 893. The van der Waals surface area contributed by atoms with E-state index >= 15 is 0 Å². The minimum absolute atomic E-state index is 0.176. The molecule has 2 aromatic carbocycles. The quantitative estimate of drug-likeness (QED) is 0.629. The smallest absolute Gasteiger partial charge is 0.331 e. The summed E-state index contributed by atoms with van der Waals surface area (Å²) in [5.74, 6) is -0.964. The van der Waals surface area contributed by atoms with Gasteiger partial charge in [0.2, 0.25) is 0 Å². The van der Waals surface area contributed by atoms with Crippen molar-refractivity contribution in [3.05, 3.63) is 76.4 Å². The number of hydrogen-bond donors (Lipinski definition) is 1. The van der Waals surface area contributed by atoms with E-state index in [9.17, 15) is 9.59 Å². The van der Waals surface area contributed by atoms with Crippen LogP contribution in [0.5, 0.6) is 0 Å². The Morgan fingerprint density at radius 3 is 2.48 bits per heavy atom. The maximum Gasteiger partial charge on any atom is 0.331 e. The van der Waals surface area contributed by atoms with Gasteiger partial charge in [-0.15, -0.1) is 0 Å². The Morgan fingerprint density at radius 1 is 1.15 bits per heavy atom. The normalized spacial score (nSPS) is 11.6. The number of esters is 1. The third-order valence-corrected chi connectivity index (χ3v) is 4.21. The number of benzene rings is 2. The topological polar surface area (TPSA) is 79.2 Å². The van der Waals surface area contributed by atoms with Gasteiger partial charge in [-0.2, -0.15) is 5.26 Å². The van der Waals surface area contributed by atoms with Crippen molar-refractivity contribution in [3.63, 3.8) is 0 Å². The monoisotopic (exact) mass is 362 g/mol. The lowest BCUT2D eigenvalue weighted by molar-refractivity contribution is -0.144. The van der Waals surface area contributed by atoms with E-state index < -0.39 is 5.97 Å². The molecule has 5 heteroatoms. The van der Waals surface area contributed by atoms with Crippen LogP contribution in [0.3, 0.4) is 0 Å². The van der Waals surface area contributed by atoms with Gasteiger partial charge in [0.05, 0.1) is 17.7 Å². The maximum atomic E-state index is 12.0. The summed E-state index contributed by atoms with van der Waals surface area (Å²) in [5, 5.41) is 11.6. The molecule has 0 unspecified atom stereocenters. The minimum atomic E-state index is -0.603. The summed E-state index contributed by atoms with van der Waals surface area (Å²) in [6.45, 7) is 5.60. The largest absolute Gasteiger partial charge is 0.452 e. The molecule has 27 heavy (non-hydrogen) atoms. The molecule has 1 amide bonds. The molecule has 0 aliphatic heterocycles. The zero-order chi connectivity index (χ0) is 19.8. The molecule has 0 saturated heterocycles. The zero-order valence-electron chi connectivity index (χ0n) is 15.7. The Hall–Kier alpha value is -3.39. The van der Waals surface area contributed by atoms with Crippen molar-refractivity contribution in [2.45, 2.75) is 26.8 Å². The molecule has 1 atom stereocenters. The van der Waals surface area contributed by atoms with Crippen molar-refractivity contribution in [3.8, 4) is 6.07 Å². The van der Waals surface area contributed by atoms with E-state index in [1.807, 2.05) is 45.0 Å². The summed E-state index contributed by atoms with van der Waals surface area (Å²) in [4.78, 5) is 23.7. The van der Waals surface area contributed by atoms with Gasteiger partial charge in [-0.3, -0.25) is 4.79 Å². The molecule has 5 nitrogen and oxygen atoms in total. The molecule has 0 saturated carbocycles. The summed E-state index contributed by atoms with van der Waals surface area (Å²) in [5.41, 5.74) is 4.66. The van der Waals surface area contributed by atoms with Crippen molar-refractivity contribution in [1.29, 1.82) is 5.26 Å². The highest BCUT2D eigenvalue weighted by Crippen LogP contribution is 2.16. The van der Waals surface area contributed by atoms with E-state index in [1.165, 1.54) is 11.6 Å². The fourth-order valence-corrected chi connectivity index (χ4v) is 2.42. The second-order valence-corrected chi connectivity index (χ2v) is 6.31. The molecule has 0 radical (unpaired) electrons. The minimum Gasteiger partial charge on any atom is -0.452 e. The number of rotatable bonds is 6. The number of carbonyl (C=O) groups is 2. The molecule has 1 N–H and O–H groups in total. The van der Waals surface area contributed by atoms with E-state index in [-0.39, 0.29) is 18.6 Å². The number of nitrogens with zero attached hydrogens (tertiary/aromatic N) is 1. The van der Waals surface area contributed by atoms with Gasteiger partial charge in [-0.05, 0) is 61.2 Å². The summed E-state index contributed by atoms with van der Waals surface area (Å²) in [6, 6.07) is 14.6. The van der Waals surface area contributed by atoms with Crippen LogP contribution in [0, 0.1) is 25.2 Å². The van der Waals surface area contributed by atoms with Crippen LogP contribution in [0.2, 0.25) is 0 Å². The zero-order valence-corrected chi connectivity index (χ0v) is 15.7. The Morgan fingerprint density at radius 2 is 1.85 bits per heavy atom. The third-order valence-electron chi connectivity index (χ3n) is 4.21. The van der Waals surface area contributed by atoms with Gasteiger partial charge >= 0.3 is 5.97 Å². The van der Waals surface area contributed by atoms with Gasteiger partial charge in [-0.1, -0.05) is 30.3 Å². The predicted molar refractivity (Wildman–Crippen MR) is 104 cm³/mol. The van der Waals surface area contributed by atoms with Crippen LogP contribution in [0.25, 0.3) is 6.08 Å². The molecule has 0 spiro atoms. The van der Waals surface area contributed by atoms with Gasteiger partial charge in [0.25, 0.3) is 5.91 Å². The summed E-state index contributed by atoms with van der Waals surface area (Å²) < 4.78 is 4.96. The number of aryl methyl sites for hydroxylation is 2. The van der Waals surface area contributed by atoms with E-state index in [0.717, 1.165) is 16.7 Å². The Kier molecular flexibility index (Phi) is 6.90. The Labute approximate surface area is 159 Å². The van der Waals surface area contributed by atoms with Gasteiger partial charge < -0.3 is 10.1 Å². The fraction of sp³-hybridized carbons (Fsp3) is 0.227. The standard InChI is InChI=1S/C22H22N2O3/c1-15-4-10-20(12-16(15)2)17(3)24-21(25)14-27-22(26)11-9-18-5-7-19(13-23)8-6-18/h4-12,17H,14H2,1-3H3,(H,24,25)/b11-9+/t17-/m0/s1. The first-order chi connectivity index (χ1) is 12.9. The van der Waals surface area contributed by atoms with Crippen LogP contribution in [0.4, 0.5) is 0 Å². The lowest BCUT2D eigenvalue weighted by Crippen LogP contribution is -2.31. The van der Waals surface area contributed by atoms with Crippen molar-refractivity contribution in [1.82, 2.24) is 5.32 Å². The average molecular weight is 362 g/mol. The van der Waals surface area contributed by atoms with Gasteiger partial charge in [0.15, 0.2) is 6.61 Å². The average Bonchev–Trinajstić information content (AvgIpc) is 2.67. The first kappa shape index (κ1) is 19.9. The first-order valence-corrected chi connectivity index (χ1v) is 8.60. The SMILES string of the molecule is Cc1ccc([C@H](C)NC(=O)COC(=O)/C=C/c2ccc(C#N)cc2)cc1C. The summed E-state index contributed by atoms with van der Waals surface area (Å²) in [6.07, 6.45) is 2.82. The van der Waals surface area contributed by atoms with Crippen molar-refractivity contribution in [2.24, 2.45) is 0 Å². The van der Waals surface area contributed by atoms with Crippen LogP contribution in [-0.4, -0.2) is 18.5 Å². The molecule has 0 aliphatic carbocycles. The molecule has 138 valence electrons. The molecule has 0 aromatic heterocycles. The van der Waals surface area contributed by atoms with Gasteiger partial charge in [0, 0.05) is 6.08 Å². The maximum absolute atomic E-state index is 12.0. The lowest BCUT2D eigenvalue weighted by atomic mass is 10.0. The number of amides is 1. The second-order valence-electron chi connectivity index (χ2n) is 6.31. The van der Waals surface area contributed by atoms with Crippen molar-refractivity contribution < 1.29 is 14.3 Å².